The number of allylic oxidation sites excluding steroid dienone is 4. The molecule has 2 atom stereocenters. The standard InChI is InChI=1S/C54H103NO5/c1-3-5-7-9-11-13-14-15-16-17-18-19-22-25-28-32-36-40-44-48-54(59)60-49-45-41-37-33-29-26-23-20-21-24-27-31-35-39-43-47-53(58)55-51(50-56)52(57)46-42-38-34-30-12-10-8-6-4-2/h11,13,15-16,51-52,56-57H,3-10,12,14,17-50H2,1-2H3,(H,55,58)/b13-11-,16-15-. The average Bonchev–Trinajstić information content (AvgIpc) is 3.25. The van der Waals surface area contributed by atoms with Gasteiger partial charge in [0.05, 0.1) is 25.4 Å². The highest BCUT2D eigenvalue weighted by Crippen LogP contribution is 2.16. The number of rotatable bonds is 49. The highest BCUT2D eigenvalue weighted by Gasteiger charge is 2.20. The molecule has 0 rings (SSSR count). The molecular formula is C54H103NO5. The summed E-state index contributed by atoms with van der Waals surface area (Å²) in [6.07, 6.45) is 58.7. The van der Waals surface area contributed by atoms with Crippen LogP contribution in [-0.2, 0) is 14.3 Å². The largest absolute Gasteiger partial charge is 0.466 e. The summed E-state index contributed by atoms with van der Waals surface area (Å²) in [6, 6.07) is -0.546. The smallest absolute Gasteiger partial charge is 0.305 e. The molecular weight excluding hydrogens is 743 g/mol. The molecule has 0 heterocycles. The molecule has 0 aliphatic heterocycles. The van der Waals surface area contributed by atoms with Crippen LogP contribution in [0, 0.1) is 0 Å². The van der Waals surface area contributed by atoms with Gasteiger partial charge in [0.15, 0.2) is 0 Å². The van der Waals surface area contributed by atoms with Crippen LogP contribution in [0.3, 0.4) is 0 Å². The summed E-state index contributed by atoms with van der Waals surface area (Å²) in [6.45, 7) is 4.89. The van der Waals surface area contributed by atoms with Gasteiger partial charge in [-0.25, -0.2) is 0 Å². The van der Waals surface area contributed by atoms with Crippen molar-refractivity contribution >= 4 is 11.9 Å². The number of nitrogens with one attached hydrogen (secondary N) is 1. The second kappa shape index (κ2) is 50.0. The first-order valence-corrected chi connectivity index (χ1v) is 26.6. The third kappa shape index (κ3) is 45.9. The zero-order valence-corrected chi connectivity index (χ0v) is 40.2. The lowest BCUT2D eigenvalue weighted by molar-refractivity contribution is -0.143. The first-order chi connectivity index (χ1) is 29.5. The first kappa shape index (κ1) is 58.3. The quantitative estimate of drug-likeness (QED) is 0.0322. The lowest BCUT2D eigenvalue weighted by atomic mass is 10.0. The normalized spacial score (nSPS) is 12.8. The minimum atomic E-state index is -0.667. The molecule has 0 aromatic heterocycles. The molecule has 0 fully saturated rings. The molecule has 0 aromatic rings. The summed E-state index contributed by atoms with van der Waals surface area (Å²) >= 11 is 0. The Labute approximate surface area is 373 Å². The molecule has 60 heavy (non-hydrogen) atoms. The van der Waals surface area contributed by atoms with Crippen molar-refractivity contribution in [2.24, 2.45) is 0 Å². The number of carbonyl (C=O) groups excluding carboxylic acids is 2. The van der Waals surface area contributed by atoms with Gasteiger partial charge in [-0.15, -0.1) is 0 Å². The maximum atomic E-state index is 12.4. The number of amides is 1. The van der Waals surface area contributed by atoms with E-state index in [0.717, 1.165) is 57.8 Å². The van der Waals surface area contributed by atoms with Gasteiger partial charge in [0.2, 0.25) is 5.91 Å². The van der Waals surface area contributed by atoms with Crippen LogP contribution in [0.25, 0.3) is 0 Å². The van der Waals surface area contributed by atoms with Crippen LogP contribution in [0.2, 0.25) is 0 Å². The summed E-state index contributed by atoms with van der Waals surface area (Å²) < 4.78 is 5.48. The topological polar surface area (TPSA) is 95.9 Å². The van der Waals surface area contributed by atoms with Crippen molar-refractivity contribution < 1.29 is 24.5 Å². The fourth-order valence-corrected chi connectivity index (χ4v) is 8.14. The summed E-state index contributed by atoms with van der Waals surface area (Å²) in [7, 11) is 0. The molecule has 0 aliphatic carbocycles. The summed E-state index contributed by atoms with van der Waals surface area (Å²) in [5.74, 6) is -0.0495. The fourth-order valence-electron chi connectivity index (χ4n) is 8.14. The first-order valence-electron chi connectivity index (χ1n) is 26.6. The monoisotopic (exact) mass is 846 g/mol. The Morgan fingerprint density at radius 3 is 1.30 bits per heavy atom. The summed E-state index contributed by atoms with van der Waals surface area (Å²) in [5, 5.41) is 23.1. The van der Waals surface area contributed by atoms with Gasteiger partial charge in [-0.3, -0.25) is 9.59 Å². The third-order valence-electron chi connectivity index (χ3n) is 12.3. The zero-order chi connectivity index (χ0) is 43.7. The van der Waals surface area contributed by atoms with E-state index >= 15 is 0 Å². The van der Waals surface area contributed by atoms with Gasteiger partial charge in [0, 0.05) is 12.8 Å². The molecule has 354 valence electrons. The lowest BCUT2D eigenvalue weighted by Gasteiger charge is -2.22. The van der Waals surface area contributed by atoms with E-state index in [-0.39, 0.29) is 18.5 Å². The van der Waals surface area contributed by atoms with Crippen LogP contribution in [0.5, 0.6) is 0 Å². The van der Waals surface area contributed by atoms with Crippen LogP contribution in [0.1, 0.15) is 284 Å². The van der Waals surface area contributed by atoms with E-state index in [1.165, 1.54) is 193 Å². The van der Waals surface area contributed by atoms with Crippen molar-refractivity contribution in [2.75, 3.05) is 13.2 Å². The summed E-state index contributed by atoms with van der Waals surface area (Å²) in [4.78, 5) is 24.5. The molecule has 6 nitrogen and oxygen atoms in total. The zero-order valence-electron chi connectivity index (χ0n) is 40.2. The number of carbonyl (C=O) groups is 2. The van der Waals surface area contributed by atoms with Crippen molar-refractivity contribution in [2.45, 2.75) is 296 Å². The van der Waals surface area contributed by atoms with Crippen LogP contribution < -0.4 is 5.32 Å². The SMILES string of the molecule is CCCCC/C=C\C/C=C\CCCCCCCCCCCC(=O)OCCCCCCCCCCCCCCCCCC(=O)NC(CO)C(O)CCCCCCCCCCC. The average molecular weight is 846 g/mol. The second-order valence-corrected chi connectivity index (χ2v) is 18.2. The molecule has 0 radical (unpaired) electrons. The van der Waals surface area contributed by atoms with Gasteiger partial charge in [0.1, 0.15) is 0 Å². The number of aliphatic hydroxyl groups is 2. The van der Waals surface area contributed by atoms with E-state index in [1.54, 1.807) is 0 Å². The molecule has 0 spiro atoms. The van der Waals surface area contributed by atoms with Crippen molar-refractivity contribution in [1.82, 2.24) is 5.32 Å². The number of unbranched alkanes of at least 4 members (excludes halogenated alkanes) is 34. The third-order valence-corrected chi connectivity index (χ3v) is 12.3. The predicted octanol–water partition coefficient (Wildman–Crippen LogP) is 15.9. The number of ether oxygens (including phenoxy) is 1. The molecule has 0 aromatic carbocycles. The van der Waals surface area contributed by atoms with Crippen LogP contribution >= 0.6 is 0 Å². The Kier molecular flexibility index (Phi) is 48.6. The van der Waals surface area contributed by atoms with E-state index in [9.17, 15) is 19.8 Å². The predicted molar refractivity (Wildman–Crippen MR) is 260 cm³/mol. The molecule has 0 saturated carbocycles. The summed E-state index contributed by atoms with van der Waals surface area (Å²) in [5.41, 5.74) is 0. The number of hydrogen-bond acceptors (Lipinski definition) is 5. The second-order valence-electron chi connectivity index (χ2n) is 18.2. The fraction of sp³-hybridized carbons (Fsp3) is 0.889. The Balaban J connectivity index is 3.39. The Morgan fingerprint density at radius 1 is 0.467 bits per heavy atom. The minimum Gasteiger partial charge on any atom is -0.466 e. The van der Waals surface area contributed by atoms with Crippen LogP contribution in [0.4, 0.5) is 0 Å². The Morgan fingerprint density at radius 2 is 0.833 bits per heavy atom. The molecule has 3 N–H and O–H groups in total. The number of aliphatic hydroxyl groups excluding tert-OH is 2. The van der Waals surface area contributed by atoms with E-state index in [4.69, 9.17) is 4.74 Å². The van der Waals surface area contributed by atoms with Gasteiger partial charge < -0.3 is 20.3 Å². The molecule has 0 saturated heterocycles. The Hall–Kier alpha value is -1.66. The molecule has 0 bridgehead atoms. The molecule has 1 amide bonds. The highest BCUT2D eigenvalue weighted by atomic mass is 16.5. The van der Waals surface area contributed by atoms with E-state index in [2.05, 4.69) is 43.5 Å². The van der Waals surface area contributed by atoms with Gasteiger partial charge >= 0.3 is 5.97 Å². The van der Waals surface area contributed by atoms with E-state index in [1.807, 2.05) is 0 Å². The van der Waals surface area contributed by atoms with Gasteiger partial charge in [-0.1, -0.05) is 237 Å². The van der Waals surface area contributed by atoms with Crippen molar-refractivity contribution in [1.29, 1.82) is 0 Å². The molecule has 0 aliphatic rings. The van der Waals surface area contributed by atoms with Gasteiger partial charge in [0.25, 0.3) is 0 Å². The molecule has 6 heteroatoms. The molecule has 2 unspecified atom stereocenters. The number of hydrogen-bond donors (Lipinski definition) is 3. The van der Waals surface area contributed by atoms with Crippen LogP contribution in [-0.4, -0.2) is 47.4 Å². The maximum absolute atomic E-state index is 12.4. The van der Waals surface area contributed by atoms with E-state index < -0.39 is 12.1 Å². The highest BCUT2D eigenvalue weighted by molar-refractivity contribution is 5.76. The van der Waals surface area contributed by atoms with Crippen molar-refractivity contribution in [3.63, 3.8) is 0 Å². The Bertz CT molecular complexity index is 935. The number of esters is 1. The van der Waals surface area contributed by atoms with E-state index in [0.29, 0.717) is 25.9 Å². The lowest BCUT2D eigenvalue weighted by Crippen LogP contribution is -2.45. The maximum Gasteiger partial charge on any atom is 0.305 e. The van der Waals surface area contributed by atoms with Gasteiger partial charge in [-0.2, -0.15) is 0 Å². The minimum absolute atomic E-state index is 0.00343. The van der Waals surface area contributed by atoms with Crippen LogP contribution in [0.15, 0.2) is 24.3 Å². The van der Waals surface area contributed by atoms with Crippen molar-refractivity contribution in [3.8, 4) is 0 Å². The van der Waals surface area contributed by atoms with Crippen molar-refractivity contribution in [3.05, 3.63) is 24.3 Å². The van der Waals surface area contributed by atoms with Gasteiger partial charge in [-0.05, 0) is 57.8 Å².